The van der Waals surface area contributed by atoms with Gasteiger partial charge in [0.05, 0.1) is 5.25 Å². The topological polar surface area (TPSA) is 60.2 Å². The van der Waals surface area contributed by atoms with Crippen LogP contribution in [0.25, 0.3) is 0 Å². The third-order valence-electron chi connectivity index (χ3n) is 2.59. The maximum Gasteiger partial charge on any atom is 0.154 e. The average molecular weight is 303 g/mol. The van der Waals surface area contributed by atoms with Crippen LogP contribution >= 0.6 is 24.0 Å². The van der Waals surface area contributed by atoms with Gasteiger partial charge < -0.3 is 5.73 Å². The minimum Gasteiger partial charge on any atom is -0.385 e. The molecule has 0 radical (unpaired) electrons. The molecule has 0 aliphatic rings. The third-order valence-corrected chi connectivity index (χ3v) is 5.21. The van der Waals surface area contributed by atoms with Crippen molar-refractivity contribution in [3.8, 4) is 0 Å². The van der Waals surface area contributed by atoms with Crippen LogP contribution in [0.1, 0.15) is 22.8 Å². The first-order chi connectivity index (χ1) is 8.30. The van der Waals surface area contributed by atoms with E-state index >= 15 is 0 Å². The molecule has 1 aromatic carbocycles. The Hall–Kier alpha value is -0.590. The molecule has 1 aromatic rings. The highest BCUT2D eigenvalue weighted by Crippen LogP contribution is 2.27. The van der Waals surface area contributed by atoms with Crippen molar-refractivity contribution < 1.29 is 8.42 Å². The van der Waals surface area contributed by atoms with Gasteiger partial charge >= 0.3 is 0 Å². The van der Waals surface area contributed by atoms with Crippen LogP contribution in [0, 0.1) is 6.92 Å². The average Bonchev–Trinajstić information content (AvgIpc) is 2.24. The summed E-state index contributed by atoms with van der Waals surface area (Å²) in [6.07, 6.45) is 1.78. The summed E-state index contributed by atoms with van der Waals surface area (Å²) in [7, 11) is -3.13. The Morgan fingerprint density at radius 1 is 1.39 bits per heavy atom. The second-order valence-electron chi connectivity index (χ2n) is 4.19. The molecule has 3 nitrogen and oxygen atoms in total. The van der Waals surface area contributed by atoms with Gasteiger partial charge in [-0.1, -0.05) is 53.8 Å². The quantitative estimate of drug-likeness (QED) is 0.847. The first kappa shape index (κ1) is 15.5. The van der Waals surface area contributed by atoms with Crippen LogP contribution in [-0.2, 0) is 9.84 Å². The SMILES string of the molecule is Cc1ccc(C(CCSC(N)=S)S(C)(=O)=O)cc1. The molecule has 0 saturated heterocycles. The van der Waals surface area contributed by atoms with Gasteiger partial charge in [0, 0.05) is 12.0 Å². The van der Waals surface area contributed by atoms with E-state index in [1.807, 2.05) is 31.2 Å². The minimum atomic E-state index is -3.13. The van der Waals surface area contributed by atoms with E-state index in [0.717, 1.165) is 11.1 Å². The van der Waals surface area contributed by atoms with Crippen LogP contribution in [0.2, 0.25) is 0 Å². The summed E-state index contributed by atoms with van der Waals surface area (Å²) < 4.78 is 24.0. The molecule has 0 aliphatic carbocycles. The molecule has 0 fully saturated rings. The molecule has 0 heterocycles. The van der Waals surface area contributed by atoms with E-state index in [1.165, 1.54) is 18.0 Å². The van der Waals surface area contributed by atoms with Crippen LogP contribution in [0.15, 0.2) is 24.3 Å². The maximum absolute atomic E-state index is 11.8. The Bertz CT molecular complexity index is 509. The Balaban J connectivity index is 2.86. The Morgan fingerprint density at radius 3 is 2.39 bits per heavy atom. The fourth-order valence-corrected chi connectivity index (χ4v) is 3.83. The first-order valence-electron chi connectivity index (χ1n) is 5.48. The van der Waals surface area contributed by atoms with Crippen molar-refractivity contribution in [3.05, 3.63) is 35.4 Å². The molecule has 0 aliphatic heterocycles. The molecule has 100 valence electrons. The smallest absolute Gasteiger partial charge is 0.154 e. The molecular formula is C12H17NO2S3. The highest BCUT2D eigenvalue weighted by molar-refractivity contribution is 8.22. The summed E-state index contributed by atoms with van der Waals surface area (Å²) in [4.78, 5) is 0. The van der Waals surface area contributed by atoms with Gasteiger partial charge in [-0.15, -0.1) is 0 Å². The van der Waals surface area contributed by atoms with Crippen LogP contribution < -0.4 is 5.73 Å². The van der Waals surface area contributed by atoms with Gasteiger partial charge in [-0.05, 0) is 18.9 Å². The number of hydrogen-bond donors (Lipinski definition) is 1. The second-order valence-corrected chi connectivity index (χ2v) is 8.25. The van der Waals surface area contributed by atoms with E-state index in [2.05, 4.69) is 0 Å². The van der Waals surface area contributed by atoms with Gasteiger partial charge in [0.15, 0.2) is 9.84 Å². The van der Waals surface area contributed by atoms with Gasteiger partial charge in [-0.3, -0.25) is 0 Å². The molecule has 0 amide bonds. The fourth-order valence-electron chi connectivity index (χ4n) is 1.68. The second kappa shape index (κ2) is 6.54. The predicted octanol–water partition coefficient (Wildman–Crippen LogP) is 2.45. The van der Waals surface area contributed by atoms with Gasteiger partial charge in [0.25, 0.3) is 0 Å². The van der Waals surface area contributed by atoms with Crippen molar-refractivity contribution in [2.24, 2.45) is 5.73 Å². The lowest BCUT2D eigenvalue weighted by Gasteiger charge is -2.15. The maximum atomic E-state index is 11.8. The lowest BCUT2D eigenvalue weighted by molar-refractivity contribution is 0.586. The molecule has 0 aromatic heterocycles. The summed E-state index contributed by atoms with van der Waals surface area (Å²) >= 11 is 6.08. The van der Waals surface area contributed by atoms with Crippen molar-refractivity contribution in [1.29, 1.82) is 0 Å². The van der Waals surface area contributed by atoms with E-state index in [1.54, 1.807) is 0 Å². The summed E-state index contributed by atoms with van der Waals surface area (Å²) in [6, 6.07) is 7.58. The fraction of sp³-hybridized carbons (Fsp3) is 0.417. The normalized spacial score (nSPS) is 13.2. The van der Waals surface area contributed by atoms with E-state index in [0.29, 0.717) is 16.5 Å². The molecule has 1 unspecified atom stereocenters. The highest BCUT2D eigenvalue weighted by atomic mass is 32.2. The molecule has 0 bridgehead atoms. The Morgan fingerprint density at radius 2 is 1.94 bits per heavy atom. The number of hydrogen-bond acceptors (Lipinski definition) is 4. The number of benzene rings is 1. The first-order valence-corrected chi connectivity index (χ1v) is 8.83. The molecule has 0 saturated carbocycles. The van der Waals surface area contributed by atoms with E-state index in [4.69, 9.17) is 18.0 Å². The number of sulfone groups is 1. The molecule has 2 N–H and O–H groups in total. The van der Waals surface area contributed by atoms with Crippen molar-refractivity contribution in [2.45, 2.75) is 18.6 Å². The zero-order valence-corrected chi connectivity index (χ0v) is 12.9. The highest BCUT2D eigenvalue weighted by Gasteiger charge is 2.22. The minimum absolute atomic E-state index is 0.353. The van der Waals surface area contributed by atoms with Crippen molar-refractivity contribution in [2.75, 3.05) is 12.0 Å². The molecule has 1 rings (SSSR count). The molecule has 1 atom stereocenters. The molecular weight excluding hydrogens is 286 g/mol. The van der Waals surface area contributed by atoms with Gasteiger partial charge in [-0.2, -0.15) is 0 Å². The summed E-state index contributed by atoms with van der Waals surface area (Å²) in [5.74, 6) is 0.612. The van der Waals surface area contributed by atoms with E-state index in [-0.39, 0.29) is 0 Å². The van der Waals surface area contributed by atoms with Crippen LogP contribution in [-0.4, -0.2) is 24.7 Å². The zero-order valence-electron chi connectivity index (χ0n) is 10.4. The van der Waals surface area contributed by atoms with Crippen molar-refractivity contribution >= 4 is 38.1 Å². The summed E-state index contributed by atoms with van der Waals surface area (Å²) in [5.41, 5.74) is 7.33. The third kappa shape index (κ3) is 4.96. The largest absolute Gasteiger partial charge is 0.385 e. The zero-order chi connectivity index (χ0) is 13.8. The van der Waals surface area contributed by atoms with Gasteiger partial charge in [-0.25, -0.2) is 8.42 Å². The molecule has 0 spiro atoms. The lowest BCUT2D eigenvalue weighted by Crippen LogP contribution is -2.13. The number of nitrogens with two attached hydrogens (primary N) is 1. The summed E-state index contributed by atoms with van der Waals surface area (Å²) in [6.45, 7) is 1.97. The number of aryl methyl sites for hydroxylation is 1. The molecule has 18 heavy (non-hydrogen) atoms. The summed E-state index contributed by atoms with van der Waals surface area (Å²) in [5, 5.41) is -0.486. The number of thioether (sulfide) groups is 1. The van der Waals surface area contributed by atoms with Crippen LogP contribution in [0.5, 0.6) is 0 Å². The number of rotatable bonds is 5. The predicted molar refractivity (Wildman–Crippen MR) is 82.6 cm³/mol. The van der Waals surface area contributed by atoms with E-state index in [9.17, 15) is 8.42 Å². The van der Waals surface area contributed by atoms with Crippen LogP contribution in [0.4, 0.5) is 0 Å². The Kier molecular flexibility index (Phi) is 5.62. The van der Waals surface area contributed by atoms with Crippen molar-refractivity contribution in [1.82, 2.24) is 0 Å². The van der Waals surface area contributed by atoms with Gasteiger partial charge in [0.1, 0.15) is 4.32 Å². The molecule has 6 heteroatoms. The lowest BCUT2D eigenvalue weighted by atomic mass is 10.1. The monoisotopic (exact) mass is 303 g/mol. The van der Waals surface area contributed by atoms with Crippen LogP contribution in [0.3, 0.4) is 0 Å². The number of thiocarbonyl (C=S) groups is 1. The Labute approximate surface area is 118 Å². The van der Waals surface area contributed by atoms with Gasteiger partial charge in [0.2, 0.25) is 0 Å². The van der Waals surface area contributed by atoms with E-state index < -0.39 is 15.1 Å². The standard InChI is InChI=1S/C12H17NO2S3/c1-9-3-5-10(6-4-9)11(18(2,14)15)7-8-17-12(13)16/h3-6,11H,7-8H2,1-2H3,(H2,13,16). The van der Waals surface area contributed by atoms with Crippen molar-refractivity contribution in [3.63, 3.8) is 0 Å².